The third-order valence-corrected chi connectivity index (χ3v) is 8.70. The third kappa shape index (κ3) is 7.47. The number of benzene rings is 3. The fraction of sp³-hybridized carbons (Fsp3) is 0.297. The fourth-order valence-electron chi connectivity index (χ4n) is 5.88. The second-order valence-corrected chi connectivity index (χ2v) is 12.0. The molecular weight excluding hydrogens is 598 g/mol. The average Bonchev–Trinajstić information content (AvgIpc) is 3.39. The molecule has 1 aromatic heterocycles. The Morgan fingerprint density at radius 3 is 2.34 bits per heavy atom. The number of ether oxygens (including phenoxy) is 3. The molecule has 4 atom stereocenters. The Morgan fingerprint density at radius 2 is 1.62 bits per heavy atom. The summed E-state index contributed by atoms with van der Waals surface area (Å²) in [7, 11) is 2.09. The summed E-state index contributed by atoms with van der Waals surface area (Å²) in [5.74, 6) is -1.78. The first-order valence-corrected chi connectivity index (χ1v) is 15.7. The van der Waals surface area contributed by atoms with Gasteiger partial charge in [0.05, 0.1) is 29.9 Å². The highest BCUT2D eigenvalue weighted by Gasteiger charge is 2.39. The number of carbonyl (C=O) groups excluding carboxylic acids is 3. The number of fused-ring (bicyclic) bond motifs is 1. The van der Waals surface area contributed by atoms with E-state index in [1.165, 1.54) is 18.2 Å². The van der Waals surface area contributed by atoms with Gasteiger partial charge in [0, 0.05) is 55.0 Å². The maximum atomic E-state index is 12.8. The summed E-state index contributed by atoms with van der Waals surface area (Å²) in [6.07, 6.45) is 1.69. The number of cyclic esters (lactones) is 2. The molecule has 2 N–H and O–H groups in total. The van der Waals surface area contributed by atoms with Crippen LogP contribution in [0.2, 0.25) is 0 Å². The molecule has 10 heteroatoms. The molecule has 242 valence electrons. The first kappa shape index (κ1) is 32.2. The van der Waals surface area contributed by atoms with Crippen molar-refractivity contribution in [3.63, 3.8) is 0 Å². The van der Waals surface area contributed by atoms with Gasteiger partial charge in [0.1, 0.15) is 0 Å². The molecule has 0 aliphatic carbocycles. The summed E-state index contributed by atoms with van der Waals surface area (Å²) in [6, 6.07) is 25.8. The first-order valence-electron chi connectivity index (χ1n) is 15.7. The van der Waals surface area contributed by atoms with Crippen LogP contribution < -0.4 is 5.32 Å². The van der Waals surface area contributed by atoms with Crippen LogP contribution in [0.15, 0.2) is 91.1 Å². The number of aliphatic hydroxyl groups excluding tert-OH is 1. The van der Waals surface area contributed by atoms with E-state index in [0.717, 1.165) is 40.9 Å². The number of hydrogen-bond donors (Lipinski definition) is 2. The summed E-state index contributed by atoms with van der Waals surface area (Å²) in [6.45, 7) is 3.92. The summed E-state index contributed by atoms with van der Waals surface area (Å²) < 4.78 is 17.8. The zero-order valence-electron chi connectivity index (χ0n) is 26.3. The van der Waals surface area contributed by atoms with Gasteiger partial charge in [0.15, 0.2) is 6.29 Å². The Labute approximate surface area is 273 Å². The van der Waals surface area contributed by atoms with Crippen molar-refractivity contribution in [3.05, 3.63) is 136 Å². The van der Waals surface area contributed by atoms with E-state index in [4.69, 9.17) is 9.47 Å². The SMILES string of the molecule is C[C@H]1[C@@H](CN(C)CCc2ccccn2)OC(c2ccc(CNC(=O)c3ccc4c(c3)C(=O)OC4=O)cc2)O[C@H]1c1ccc(CO)cc1. The van der Waals surface area contributed by atoms with Crippen molar-refractivity contribution in [2.24, 2.45) is 5.92 Å². The number of nitrogens with zero attached hydrogens (tertiary/aromatic N) is 2. The lowest BCUT2D eigenvalue weighted by Gasteiger charge is -2.42. The molecule has 47 heavy (non-hydrogen) atoms. The van der Waals surface area contributed by atoms with Crippen LogP contribution in [0, 0.1) is 5.92 Å². The molecule has 3 aromatic carbocycles. The van der Waals surface area contributed by atoms with Crippen LogP contribution in [-0.4, -0.2) is 59.1 Å². The van der Waals surface area contributed by atoms with Crippen molar-refractivity contribution in [1.29, 1.82) is 0 Å². The minimum atomic E-state index is -0.750. The smallest absolute Gasteiger partial charge is 0.346 e. The van der Waals surface area contributed by atoms with Gasteiger partial charge in [-0.3, -0.25) is 9.78 Å². The summed E-state index contributed by atoms with van der Waals surface area (Å²) in [4.78, 5) is 43.1. The molecule has 4 aromatic rings. The number of likely N-dealkylation sites (N-methyl/N-ethyl adjacent to an activating group) is 1. The zero-order valence-corrected chi connectivity index (χ0v) is 26.3. The molecule has 3 heterocycles. The number of esters is 2. The van der Waals surface area contributed by atoms with Gasteiger partial charge in [-0.15, -0.1) is 0 Å². The van der Waals surface area contributed by atoms with E-state index < -0.39 is 18.2 Å². The number of hydrogen-bond acceptors (Lipinski definition) is 9. The van der Waals surface area contributed by atoms with Gasteiger partial charge in [0.25, 0.3) is 5.91 Å². The topological polar surface area (TPSA) is 127 Å². The Hall–Kier alpha value is -4.74. The Bertz CT molecular complexity index is 1730. The molecule has 1 amide bonds. The highest BCUT2D eigenvalue weighted by molar-refractivity contribution is 6.15. The number of aliphatic hydroxyl groups is 1. The highest BCUT2D eigenvalue weighted by Crippen LogP contribution is 2.41. The molecule has 6 rings (SSSR count). The van der Waals surface area contributed by atoms with E-state index in [-0.39, 0.29) is 53.9 Å². The van der Waals surface area contributed by atoms with Crippen molar-refractivity contribution in [1.82, 2.24) is 15.2 Å². The Balaban J connectivity index is 1.13. The predicted octanol–water partition coefficient (Wildman–Crippen LogP) is 4.78. The molecule has 0 saturated carbocycles. The lowest BCUT2D eigenvalue weighted by atomic mass is 9.90. The molecule has 2 aliphatic rings. The molecule has 10 nitrogen and oxygen atoms in total. The normalized spacial score (nSPS) is 20.6. The third-order valence-electron chi connectivity index (χ3n) is 8.70. The second kappa shape index (κ2) is 14.4. The van der Waals surface area contributed by atoms with Crippen molar-refractivity contribution >= 4 is 17.8 Å². The van der Waals surface area contributed by atoms with Crippen LogP contribution in [0.4, 0.5) is 0 Å². The van der Waals surface area contributed by atoms with Crippen LogP contribution in [0.3, 0.4) is 0 Å². The van der Waals surface area contributed by atoms with Crippen LogP contribution in [0.1, 0.15) is 78.3 Å². The van der Waals surface area contributed by atoms with Crippen LogP contribution in [-0.2, 0) is 33.8 Å². The van der Waals surface area contributed by atoms with Crippen molar-refractivity contribution in [2.45, 2.75) is 45.0 Å². The molecular formula is C37H37N3O7. The largest absolute Gasteiger partial charge is 0.392 e. The van der Waals surface area contributed by atoms with E-state index in [2.05, 4.69) is 33.9 Å². The lowest BCUT2D eigenvalue weighted by Crippen LogP contribution is -2.43. The minimum absolute atomic E-state index is 0.0213. The number of nitrogens with one attached hydrogen (secondary N) is 1. The average molecular weight is 636 g/mol. The number of rotatable bonds is 11. The first-order chi connectivity index (χ1) is 22.8. The van der Waals surface area contributed by atoms with Crippen LogP contribution in [0.25, 0.3) is 0 Å². The Morgan fingerprint density at radius 1 is 0.894 bits per heavy atom. The van der Waals surface area contributed by atoms with Gasteiger partial charge >= 0.3 is 11.9 Å². The van der Waals surface area contributed by atoms with E-state index in [1.54, 1.807) is 0 Å². The molecule has 1 saturated heterocycles. The lowest BCUT2D eigenvalue weighted by molar-refractivity contribution is -0.275. The fourth-order valence-corrected chi connectivity index (χ4v) is 5.88. The van der Waals surface area contributed by atoms with Gasteiger partial charge < -0.3 is 29.5 Å². The molecule has 2 aliphatic heterocycles. The Kier molecular flexibility index (Phi) is 9.84. The van der Waals surface area contributed by atoms with Crippen molar-refractivity contribution in [3.8, 4) is 0 Å². The number of aromatic nitrogens is 1. The van der Waals surface area contributed by atoms with Gasteiger partial charge in [0.2, 0.25) is 0 Å². The summed E-state index contributed by atoms with van der Waals surface area (Å²) in [5, 5.41) is 12.4. The van der Waals surface area contributed by atoms with Gasteiger partial charge in [-0.25, -0.2) is 9.59 Å². The zero-order chi connectivity index (χ0) is 32.9. The van der Waals surface area contributed by atoms with Gasteiger partial charge in [-0.1, -0.05) is 61.5 Å². The van der Waals surface area contributed by atoms with Crippen molar-refractivity contribution < 1.29 is 33.7 Å². The van der Waals surface area contributed by atoms with Crippen molar-refractivity contribution in [2.75, 3.05) is 20.1 Å². The molecule has 1 unspecified atom stereocenters. The van der Waals surface area contributed by atoms with E-state index in [1.807, 2.05) is 72.9 Å². The predicted molar refractivity (Wildman–Crippen MR) is 172 cm³/mol. The van der Waals surface area contributed by atoms with Crippen LogP contribution in [0.5, 0.6) is 0 Å². The summed E-state index contributed by atoms with van der Waals surface area (Å²) in [5.41, 5.74) is 5.14. The van der Waals surface area contributed by atoms with E-state index in [0.29, 0.717) is 6.54 Å². The second-order valence-electron chi connectivity index (χ2n) is 12.0. The van der Waals surface area contributed by atoms with E-state index in [9.17, 15) is 19.5 Å². The quantitative estimate of drug-likeness (QED) is 0.177. The monoisotopic (exact) mass is 635 g/mol. The van der Waals surface area contributed by atoms with Crippen LogP contribution >= 0.6 is 0 Å². The molecule has 0 bridgehead atoms. The molecule has 1 fully saturated rings. The van der Waals surface area contributed by atoms with E-state index >= 15 is 0 Å². The maximum Gasteiger partial charge on any atom is 0.346 e. The summed E-state index contributed by atoms with van der Waals surface area (Å²) >= 11 is 0. The molecule has 0 radical (unpaired) electrons. The standard InChI is InChI=1S/C37H37N3O7/c1-23-32(21-40(2)18-16-29-5-3-4-17-38-29)45-37(46-33(23)26-10-8-25(22-41)9-11-26)27-12-6-24(7-13-27)20-39-34(42)28-14-15-30-31(19-28)36(44)47-35(30)43/h3-15,17,19,23,32-33,37,41H,16,18,20-22H2,1-2H3,(H,39,42)/t23-,32+,33+,37?/m0/s1. The number of pyridine rings is 1. The van der Waals surface area contributed by atoms with Gasteiger partial charge in [-0.2, -0.15) is 0 Å². The highest BCUT2D eigenvalue weighted by atomic mass is 16.7. The maximum absolute atomic E-state index is 12.8. The minimum Gasteiger partial charge on any atom is -0.392 e. The molecule has 0 spiro atoms. The number of amides is 1. The number of carbonyl (C=O) groups is 3. The van der Waals surface area contributed by atoms with Gasteiger partial charge in [-0.05, 0) is 54.1 Å².